The zero-order valence-corrected chi connectivity index (χ0v) is 13.8. The monoisotopic (exact) mass is 334 g/mol. The van der Waals surface area contributed by atoms with Crippen LogP contribution in [-0.2, 0) is 7.05 Å². The van der Waals surface area contributed by atoms with Gasteiger partial charge in [-0.05, 0) is 29.9 Å². The first-order valence-corrected chi connectivity index (χ1v) is 7.83. The van der Waals surface area contributed by atoms with E-state index in [1.165, 1.54) is 0 Å². The summed E-state index contributed by atoms with van der Waals surface area (Å²) in [4.78, 5) is 4.76. The van der Waals surface area contributed by atoms with Crippen LogP contribution in [0.3, 0.4) is 0 Å². The molecule has 8 heteroatoms. The molecule has 126 valence electrons. The maximum atomic E-state index is 4.76. The second-order valence-corrected chi connectivity index (χ2v) is 5.79. The van der Waals surface area contributed by atoms with Crippen LogP contribution in [-0.4, -0.2) is 27.5 Å². The van der Waals surface area contributed by atoms with Gasteiger partial charge in [0.25, 0.3) is 0 Å². The van der Waals surface area contributed by atoms with Crippen molar-refractivity contribution in [2.75, 3.05) is 17.0 Å². The first kappa shape index (κ1) is 15.2. The van der Waals surface area contributed by atoms with Gasteiger partial charge in [-0.3, -0.25) is 15.1 Å². The minimum absolute atomic E-state index is 0.549. The summed E-state index contributed by atoms with van der Waals surface area (Å²) in [6.07, 6.45) is 11.2. The molecule has 0 bridgehead atoms. The molecule has 2 aromatic rings. The molecule has 4 rings (SSSR count). The fourth-order valence-corrected chi connectivity index (χ4v) is 2.65. The van der Waals surface area contributed by atoms with Gasteiger partial charge in [0, 0.05) is 25.0 Å². The number of hydrogen-bond donors (Lipinski definition) is 3. The Morgan fingerprint density at radius 2 is 2.20 bits per heavy atom. The number of nitrogens with zero attached hydrogens (tertiary/aromatic N) is 5. The zero-order valence-electron chi connectivity index (χ0n) is 13.8. The molecule has 0 saturated carbocycles. The lowest BCUT2D eigenvalue weighted by atomic mass is 10.2. The van der Waals surface area contributed by atoms with Crippen LogP contribution in [0.25, 0.3) is 11.3 Å². The highest BCUT2D eigenvalue weighted by Gasteiger charge is 2.22. The van der Waals surface area contributed by atoms with Crippen molar-refractivity contribution in [1.29, 1.82) is 0 Å². The van der Waals surface area contributed by atoms with Gasteiger partial charge in [0.05, 0.1) is 29.8 Å². The van der Waals surface area contributed by atoms with Gasteiger partial charge in [-0.25, -0.2) is 4.98 Å². The Balaban J connectivity index is 1.60. The number of hydrazone groups is 1. The van der Waals surface area contributed by atoms with Crippen molar-refractivity contribution in [2.45, 2.75) is 0 Å². The second kappa shape index (κ2) is 6.25. The van der Waals surface area contributed by atoms with E-state index in [9.17, 15) is 0 Å². The number of nitrogens with one attached hydrogen (secondary N) is 3. The van der Waals surface area contributed by atoms with Crippen molar-refractivity contribution < 1.29 is 0 Å². The summed E-state index contributed by atoms with van der Waals surface area (Å²) in [7, 11) is 1.89. The molecule has 0 aliphatic carbocycles. The van der Waals surface area contributed by atoms with E-state index in [-0.39, 0.29) is 0 Å². The topological polar surface area (TPSA) is 82.4 Å². The predicted molar refractivity (Wildman–Crippen MR) is 98.5 cm³/mol. The molecule has 0 radical (unpaired) electrons. The molecule has 4 heterocycles. The molecule has 8 nitrogen and oxygen atoms in total. The van der Waals surface area contributed by atoms with E-state index >= 15 is 0 Å². The van der Waals surface area contributed by atoms with Gasteiger partial charge in [-0.2, -0.15) is 10.2 Å². The highest BCUT2D eigenvalue weighted by Crippen LogP contribution is 2.30. The third-order valence-corrected chi connectivity index (χ3v) is 3.82. The van der Waals surface area contributed by atoms with E-state index in [2.05, 4.69) is 33.2 Å². The van der Waals surface area contributed by atoms with Crippen molar-refractivity contribution >= 4 is 17.7 Å². The van der Waals surface area contributed by atoms with Crippen LogP contribution in [0.15, 0.2) is 65.7 Å². The Labute approximate surface area is 145 Å². The fraction of sp³-hybridized carbons (Fsp3) is 0.118. The molecular weight excluding hydrogens is 316 g/mol. The molecule has 3 N–H and O–H groups in total. The van der Waals surface area contributed by atoms with Gasteiger partial charge >= 0.3 is 0 Å². The van der Waals surface area contributed by atoms with Crippen molar-refractivity contribution in [3.8, 4) is 11.3 Å². The third-order valence-electron chi connectivity index (χ3n) is 3.82. The molecule has 2 aliphatic heterocycles. The van der Waals surface area contributed by atoms with E-state index in [0.29, 0.717) is 6.54 Å². The number of pyridine rings is 1. The molecule has 25 heavy (non-hydrogen) atoms. The summed E-state index contributed by atoms with van der Waals surface area (Å²) >= 11 is 0. The predicted octanol–water partition coefficient (Wildman–Crippen LogP) is 1.72. The molecule has 2 aromatic heterocycles. The van der Waals surface area contributed by atoms with E-state index in [1.54, 1.807) is 17.1 Å². The van der Waals surface area contributed by atoms with Crippen molar-refractivity contribution in [1.82, 2.24) is 25.7 Å². The number of aryl methyl sites for hydroxylation is 1. The van der Waals surface area contributed by atoms with Crippen LogP contribution in [0.1, 0.15) is 0 Å². The zero-order chi connectivity index (χ0) is 17.2. The van der Waals surface area contributed by atoms with Gasteiger partial charge in [0.2, 0.25) is 0 Å². The molecular formula is C17H18N8. The standard InChI is InChI=1S/C17H18N8/c1-12-4-3-7-18-21-14(8-12)11-25-17-16(22-23-25)6-5-15(20-17)13-9-19-24(2)10-13/h3-10,21-23H,1,11H2,2H3/b4-3-,14-8-,18-7-. The van der Waals surface area contributed by atoms with E-state index in [4.69, 9.17) is 4.98 Å². The van der Waals surface area contributed by atoms with Gasteiger partial charge in [-0.1, -0.05) is 12.7 Å². The van der Waals surface area contributed by atoms with Gasteiger partial charge in [-0.15, -0.1) is 5.53 Å². The summed E-state index contributed by atoms with van der Waals surface area (Å²) in [6, 6.07) is 3.97. The van der Waals surface area contributed by atoms with Crippen LogP contribution < -0.4 is 21.4 Å². The summed E-state index contributed by atoms with van der Waals surface area (Å²) in [5, 5.41) is 10.3. The normalized spacial score (nSPS) is 20.6. The number of rotatable bonds is 3. The fourth-order valence-electron chi connectivity index (χ4n) is 2.65. The lowest BCUT2D eigenvalue weighted by molar-refractivity contribution is 0.715. The van der Waals surface area contributed by atoms with Crippen LogP contribution >= 0.6 is 0 Å². The third kappa shape index (κ3) is 3.15. The molecule has 0 fully saturated rings. The van der Waals surface area contributed by atoms with E-state index in [1.807, 2.05) is 48.6 Å². The summed E-state index contributed by atoms with van der Waals surface area (Å²) in [6.45, 7) is 4.55. The molecule has 0 unspecified atom stereocenters. The highest BCUT2D eigenvalue weighted by atomic mass is 15.7. The molecule has 0 spiro atoms. The first-order valence-electron chi connectivity index (χ1n) is 7.83. The molecule has 2 aliphatic rings. The number of aromatic nitrogens is 3. The SMILES string of the molecule is C=C1/C=C\C=N/N/C(CN2NNc3ccc(-c4cnn(C)c4)nc32)=C\1. The van der Waals surface area contributed by atoms with Crippen molar-refractivity contribution in [3.05, 3.63) is 60.6 Å². The molecule has 0 atom stereocenters. The number of anilines is 2. The Hall–Kier alpha value is -3.39. The molecule has 0 aromatic carbocycles. The second-order valence-electron chi connectivity index (χ2n) is 5.79. The Morgan fingerprint density at radius 3 is 3.04 bits per heavy atom. The highest BCUT2D eigenvalue weighted by molar-refractivity contribution is 5.74. The largest absolute Gasteiger partial charge is 0.300 e. The van der Waals surface area contributed by atoms with Crippen LogP contribution in [0.5, 0.6) is 0 Å². The number of hydrazine groups is 2. The number of allylic oxidation sites excluding steroid dienone is 4. The van der Waals surface area contributed by atoms with Gasteiger partial charge in [0.15, 0.2) is 5.82 Å². The quantitative estimate of drug-likeness (QED) is 0.793. The summed E-state index contributed by atoms with van der Waals surface area (Å²) < 4.78 is 1.76. The van der Waals surface area contributed by atoms with Gasteiger partial charge in [0.1, 0.15) is 0 Å². The number of hydrogen-bond acceptors (Lipinski definition) is 7. The van der Waals surface area contributed by atoms with Crippen LogP contribution in [0, 0.1) is 0 Å². The van der Waals surface area contributed by atoms with Crippen molar-refractivity contribution in [3.63, 3.8) is 0 Å². The minimum Gasteiger partial charge on any atom is -0.300 e. The summed E-state index contributed by atoms with van der Waals surface area (Å²) in [5.74, 6) is 0.816. The molecule has 0 saturated heterocycles. The Bertz CT molecular complexity index is 905. The maximum absolute atomic E-state index is 4.76. The average Bonchev–Trinajstić information content (AvgIpc) is 3.18. The Kier molecular flexibility index (Phi) is 3.79. The van der Waals surface area contributed by atoms with Gasteiger partial charge < -0.3 is 5.43 Å². The van der Waals surface area contributed by atoms with Crippen molar-refractivity contribution in [2.24, 2.45) is 12.1 Å². The minimum atomic E-state index is 0.549. The summed E-state index contributed by atoms with van der Waals surface area (Å²) in [5.41, 5.74) is 13.8. The lowest BCUT2D eigenvalue weighted by Gasteiger charge is -2.19. The number of fused-ring (bicyclic) bond motifs is 1. The lowest BCUT2D eigenvalue weighted by Crippen LogP contribution is -2.39. The van der Waals surface area contributed by atoms with Crippen LogP contribution in [0.2, 0.25) is 0 Å². The van der Waals surface area contributed by atoms with Crippen LogP contribution in [0.4, 0.5) is 11.5 Å². The first-order chi connectivity index (χ1) is 12.2. The maximum Gasteiger partial charge on any atom is 0.170 e. The smallest absolute Gasteiger partial charge is 0.170 e. The molecule has 0 amide bonds. The Morgan fingerprint density at radius 1 is 1.28 bits per heavy atom. The van der Waals surface area contributed by atoms with E-state index in [0.717, 1.165) is 34.0 Å². The average molecular weight is 334 g/mol. The van der Waals surface area contributed by atoms with E-state index < -0.39 is 0 Å².